The first kappa shape index (κ1) is 61.2. The first-order valence-electron chi connectivity index (χ1n) is 24.3. The summed E-state index contributed by atoms with van der Waals surface area (Å²) in [5.41, 5.74) is -0.325. The molecule has 2 fully saturated rings. The maximum absolute atomic E-state index is 14.6. The third-order valence-electron chi connectivity index (χ3n) is 13.3. The summed E-state index contributed by atoms with van der Waals surface area (Å²) in [5.74, 6) is -4.22. The van der Waals surface area contributed by atoms with Gasteiger partial charge in [-0.1, -0.05) is 102 Å². The zero-order chi connectivity index (χ0) is 52.5. The number of hydrogen-bond acceptors (Lipinski definition) is 11. The first-order chi connectivity index (χ1) is 33.4. The smallest absolute Gasteiger partial charge is 0.272 e. The number of rotatable bonds is 18. The van der Waals surface area contributed by atoms with E-state index in [1.54, 1.807) is 27.9 Å². The Kier molecular flexibility index (Phi) is 22.0. The van der Waals surface area contributed by atoms with Crippen LogP contribution in [-0.2, 0) is 28.8 Å². The number of amides is 8. The van der Waals surface area contributed by atoms with Gasteiger partial charge in [-0.25, -0.2) is 4.98 Å². The van der Waals surface area contributed by atoms with Gasteiger partial charge in [-0.15, -0.1) is 24.8 Å². The Bertz CT molecular complexity index is 2230. The van der Waals surface area contributed by atoms with E-state index in [1.165, 1.54) is 16.1 Å². The second-order valence-corrected chi connectivity index (χ2v) is 20.9. The number of carbonyl (C=O) groups is 8. The van der Waals surface area contributed by atoms with Gasteiger partial charge in [0, 0.05) is 25.2 Å². The summed E-state index contributed by atoms with van der Waals surface area (Å²) >= 11 is 0. The number of hydrogen-bond donors (Lipinski definition) is 9. The molecule has 20 nitrogen and oxygen atoms in total. The summed E-state index contributed by atoms with van der Waals surface area (Å²) in [6.45, 7) is 17.6. The summed E-state index contributed by atoms with van der Waals surface area (Å²) < 4.78 is 0. The van der Waals surface area contributed by atoms with E-state index in [9.17, 15) is 38.4 Å². The zero-order valence-corrected chi connectivity index (χ0v) is 45.5. The molecule has 0 radical (unpaired) electrons. The molecule has 0 saturated carbocycles. The number of nitrogens with one attached hydrogen (secondary N) is 9. The number of likely N-dealkylation sites (N-methyl/N-ethyl adjacent to an activating group) is 2. The van der Waals surface area contributed by atoms with E-state index < -0.39 is 119 Å². The second kappa shape index (κ2) is 26.2. The Hall–Kier alpha value is -6.09. The fourth-order valence-electron chi connectivity index (χ4n) is 8.71. The van der Waals surface area contributed by atoms with Crippen molar-refractivity contribution in [3.05, 3.63) is 89.5 Å². The van der Waals surface area contributed by atoms with Gasteiger partial charge < -0.3 is 57.3 Å². The summed E-state index contributed by atoms with van der Waals surface area (Å²) in [6.07, 6.45) is 1.21. The summed E-state index contributed by atoms with van der Waals surface area (Å²) in [6, 6.07) is 10.9. The summed E-state index contributed by atoms with van der Waals surface area (Å²) in [4.78, 5) is 122. The van der Waals surface area contributed by atoms with Crippen LogP contribution in [0.5, 0.6) is 0 Å². The van der Waals surface area contributed by atoms with Gasteiger partial charge in [-0.05, 0) is 76.6 Å². The number of H-pyrrole nitrogens is 1. The van der Waals surface area contributed by atoms with Crippen molar-refractivity contribution in [1.82, 2.24) is 62.3 Å². The number of benzene rings is 2. The maximum Gasteiger partial charge on any atom is 0.272 e. The first-order valence-corrected chi connectivity index (χ1v) is 24.3. The van der Waals surface area contributed by atoms with Crippen LogP contribution in [0.25, 0.3) is 0 Å². The molecule has 402 valence electrons. The quantitative estimate of drug-likeness (QED) is 0.0895. The highest BCUT2D eigenvalue weighted by atomic mass is 35.5. The van der Waals surface area contributed by atoms with Crippen LogP contribution in [0, 0.1) is 10.8 Å². The molecule has 3 aromatic rings. The molecule has 2 aromatic carbocycles. The van der Waals surface area contributed by atoms with Gasteiger partial charge in [0.05, 0.1) is 30.5 Å². The molecule has 8 amide bonds. The van der Waals surface area contributed by atoms with Gasteiger partial charge in [0.2, 0.25) is 35.4 Å². The van der Waals surface area contributed by atoms with Crippen molar-refractivity contribution in [1.29, 1.82) is 0 Å². The molecule has 2 aliphatic heterocycles. The molecule has 73 heavy (non-hydrogen) atoms. The van der Waals surface area contributed by atoms with E-state index >= 15 is 0 Å². The lowest BCUT2D eigenvalue weighted by Crippen LogP contribution is -2.59. The number of aromatic nitrogens is 2. The normalized spacial score (nSPS) is 20.1. The van der Waals surface area contributed by atoms with E-state index in [4.69, 9.17) is 0 Å². The van der Waals surface area contributed by atoms with Crippen molar-refractivity contribution in [3.63, 3.8) is 0 Å². The fraction of sp³-hybridized carbons (Fsp3) is 0.549. The molecular weight excluding hydrogens is 980 g/mol. The van der Waals surface area contributed by atoms with Gasteiger partial charge in [0.1, 0.15) is 29.9 Å². The van der Waals surface area contributed by atoms with Crippen LogP contribution >= 0.6 is 24.8 Å². The third kappa shape index (κ3) is 15.5. The lowest BCUT2D eigenvalue weighted by atomic mass is 9.85. The molecule has 0 bridgehead atoms. The van der Waals surface area contributed by atoms with E-state index in [1.807, 2.05) is 116 Å². The average Bonchev–Trinajstić information content (AvgIpc) is 4.11. The predicted octanol–water partition coefficient (Wildman–Crippen LogP) is 2.68. The number of nitrogens with zero attached hydrogens (tertiary/aromatic N) is 3. The van der Waals surface area contributed by atoms with Crippen LogP contribution < -0.4 is 42.5 Å². The molecule has 0 unspecified atom stereocenters. The number of carbonyl (C=O) groups excluding carboxylic acids is 8. The molecule has 2 aliphatic rings. The Morgan fingerprint density at radius 1 is 0.575 bits per heavy atom. The van der Waals surface area contributed by atoms with Gasteiger partial charge in [0.15, 0.2) is 5.69 Å². The minimum absolute atomic E-state index is 0. The highest BCUT2D eigenvalue weighted by Crippen LogP contribution is 2.29. The Balaban J connectivity index is 0.00000703. The molecular formula is C51H76Cl2N12O8. The zero-order valence-electron chi connectivity index (χ0n) is 43.9. The monoisotopic (exact) mass is 1050 g/mol. The largest absolute Gasteiger partial charge is 0.348 e. The van der Waals surface area contributed by atoms with E-state index in [0.29, 0.717) is 0 Å². The highest BCUT2D eigenvalue weighted by Gasteiger charge is 2.48. The molecule has 10 atom stereocenters. The van der Waals surface area contributed by atoms with Crippen LogP contribution in [0.1, 0.15) is 126 Å². The second-order valence-electron chi connectivity index (χ2n) is 20.9. The van der Waals surface area contributed by atoms with Gasteiger partial charge in [-0.2, -0.15) is 0 Å². The standard InChI is InChI=1S/C51H74N12O8.2ClH/c1-28(32-19-15-13-16-20-32)56-44(66)36-23-34(25-62(36)48(70)40(50(5,6)7)60-42(64)30(3)52-11)58-46(68)38-39(55-27-54-38)47(69)59-35-24-37(45(67)57-29(2)33-21-17-14-18-22-33)63(26-35)49(71)41(51(8,9)10)61-43(65)31(4)53-12;;/h13-22,27-31,34-37,40-41,52-53H,23-26H2,1-12H3,(H,54,55)(H,56,66)(H,57,67)(H,58,68)(H,59,69)(H,60,64)(H,61,65);2*1H/t28-,29-,30+,31+,34+,35+,36+,37+,40-,41-;;/m1../s1. The van der Waals surface area contributed by atoms with Gasteiger partial charge in [-0.3, -0.25) is 38.4 Å². The minimum Gasteiger partial charge on any atom is -0.348 e. The lowest BCUT2D eigenvalue weighted by Gasteiger charge is -2.36. The van der Waals surface area contributed by atoms with Crippen molar-refractivity contribution in [2.45, 2.75) is 142 Å². The molecule has 0 aliphatic carbocycles. The number of halogens is 2. The molecule has 1 aromatic heterocycles. The SMILES string of the molecule is CN[C@@H](C)C(=O)N[C@H](C(=O)N1C[C@@H](NC(=O)c2nc[nH]c2C(=O)N[C@H]2C[C@@H](C(=O)N[C@H](C)c3ccccc3)N(C(=O)[C@@H](NC(=O)[C@H](C)NC)C(C)(C)C)C2)C[C@H]1C(=O)N[C@H](C)c1ccccc1)C(C)(C)C.Cl.Cl. The van der Waals surface area contributed by atoms with E-state index in [-0.39, 0.29) is 62.1 Å². The van der Waals surface area contributed by atoms with E-state index in [0.717, 1.165) is 11.1 Å². The predicted molar refractivity (Wildman–Crippen MR) is 282 cm³/mol. The number of aromatic amines is 1. The molecule has 5 rings (SSSR count). The number of imidazole rings is 1. The third-order valence-corrected chi connectivity index (χ3v) is 13.3. The fourth-order valence-corrected chi connectivity index (χ4v) is 8.71. The summed E-state index contributed by atoms with van der Waals surface area (Å²) in [5, 5.41) is 23.3. The maximum atomic E-state index is 14.6. The molecule has 0 spiro atoms. The molecule has 22 heteroatoms. The Morgan fingerprint density at radius 2 is 0.945 bits per heavy atom. The lowest BCUT2D eigenvalue weighted by molar-refractivity contribution is -0.144. The topological polar surface area (TPSA) is 268 Å². The Labute approximate surface area is 441 Å². The average molecular weight is 1060 g/mol. The van der Waals surface area contributed by atoms with Crippen LogP contribution in [-0.4, -0.2) is 143 Å². The molecule has 2 saturated heterocycles. The van der Waals surface area contributed by atoms with Gasteiger partial charge in [0.25, 0.3) is 11.8 Å². The highest BCUT2D eigenvalue weighted by molar-refractivity contribution is 6.05. The molecule has 9 N–H and O–H groups in total. The van der Waals surface area contributed by atoms with Gasteiger partial charge >= 0.3 is 0 Å². The Morgan fingerprint density at radius 3 is 1.30 bits per heavy atom. The van der Waals surface area contributed by atoms with E-state index in [2.05, 4.69) is 52.5 Å². The van der Waals surface area contributed by atoms with Crippen molar-refractivity contribution in [2.24, 2.45) is 10.8 Å². The van der Waals surface area contributed by atoms with Crippen molar-refractivity contribution in [3.8, 4) is 0 Å². The van der Waals surface area contributed by atoms with Crippen LogP contribution in [0.3, 0.4) is 0 Å². The van der Waals surface area contributed by atoms with Crippen LogP contribution in [0.2, 0.25) is 0 Å². The minimum atomic E-state index is -1.05. The van der Waals surface area contributed by atoms with Crippen molar-refractivity contribution < 1.29 is 38.4 Å². The van der Waals surface area contributed by atoms with Crippen molar-refractivity contribution in [2.75, 3.05) is 27.2 Å². The molecule has 3 heterocycles. The number of likely N-dealkylation sites (tertiary alicyclic amines) is 2. The van der Waals surface area contributed by atoms with Crippen LogP contribution in [0.4, 0.5) is 0 Å². The van der Waals surface area contributed by atoms with Crippen LogP contribution in [0.15, 0.2) is 67.0 Å². The van der Waals surface area contributed by atoms with Crippen molar-refractivity contribution >= 4 is 72.1 Å². The summed E-state index contributed by atoms with van der Waals surface area (Å²) in [7, 11) is 3.26.